The number of hydrogen-bond acceptors (Lipinski definition) is 2. The van der Waals surface area contributed by atoms with Crippen LogP contribution in [-0.4, -0.2) is 31.1 Å². The Balaban J connectivity index is 1.98. The molecule has 1 aliphatic rings. The zero-order valence-electron chi connectivity index (χ0n) is 13.4. The van der Waals surface area contributed by atoms with E-state index in [0.717, 1.165) is 47.5 Å². The maximum Gasteiger partial charge on any atom is 0.0482 e. The van der Waals surface area contributed by atoms with E-state index in [9.17, 15) is 0 Å². The topological polar surface area (TPSA) is 6.48 Å². The lowest BCUT2D eigenvalue weighted by molar-refractivity contribution is 0.331. The van der Waals surface area contributed by atoms with Crippen molar-refractivity contribution in [1.82, 2.24) is 4.90 Å². The molecule has 2 nitrogen and oxygen atoms in total. The molecule has 0 atom stereocenters. The number of anilines is 1. The lowest BCUT2D eigenvalue weighted by Gasteiger charge is -2.37. The van der Waals surface area contributed by atoms with Crippen molar-refractivity contribution in [3.8, 4) is 0 Å². The van der Waals surface area contributed by atoms with E-state index >= 15 is 0 Å². The van der Waals surface area contributed by atoms with E-state index < -0.39 is 0 Å². The molecule has 0 aliphatic carbocycles. The molecule has 1 aromatic carbocycles. The molecule has 0 aromatic heterocycles. The normalized spacial score (nSPS) is 17.3. The van der Waals surface area contributed by atoms with Crippen molar-refractivity contribution in [1.29, 1.82) is 0 Å². The first-order chi connectivity index (χ1) is 11.0. The van der Waals surface area contributed by atoms with Gasteiger partial charge in [0.15, 0.2) is 0 Å². The quantitative estimate of drug-likeness (QED) is 0.640. The Morgan fingerprint density at radius 1 is 1.17 bits per heavy atom. The molecule has 1 saturated heterocycles. The van der Waals surface area contributed by atoms with Gasteiger partial charge in [0, 0.05) is 53.2 Å². The van der Waals surface area contributed by atoms with Crippen LogP contribution in [-0.2, 0) is 0 Å². The maximum atomic E-state index is 6.23. The van der Waals surface area contributed by atoms with Crippen molar-refractivity contribution in [2.45, 2.75) is 13.8 Å². The van der Waals surface area contributed by atoms with Crippen molar-refractivity contribution in [3.63, 3.8) is 0 Å². The zero-order chi connectivity index (χ0) is 16.8. The van der Waals surface area contributed by atoms with Gasteiger partial charge in [0.25, 0.3) is 0 Å². The van der Waals surface area contributed by atoms with Crippen molar-refractivity contribution >= 4 is 40.5 Å². The fourth-order valence-electron chi connectivity index (χ4n) is 2.49. The molecule has 0 bridgehead atoms. The Hall–Kier alpha value is -1.09. The summed E-state index contributed by atoms with van der Waals surface area (Å²) in [5, 5.41) is 1.56. The van der Waals surface area contributed by atoms with Gasteiger partial charge in [-0.1, -0.05) is 46.9 Å². The Bertz CT molecular complexity index is 623. The molecule has 0 saturated carbocycles. The molecule has 0 N–H and O–H groups in total. The number of halogens is 3. The Labute approximate surface area is 153 Å². The van der Waals surface area contributed by atoms with E-state index in [1.54, 1.807) is 5.54 Å². The number of hydrogen-bond donors (Lipinski definition) is 0. The van der Waals surface area contributed by atoms with Crippen molar-refractivity contribution in [2.75, 3.05) is 31.1 Å². The number of piperazine rings is 1. The third-order valence-corrected chi connectivity index (χ3v) is 4.63. The lowest BCUT2D eigenvalue weighted by atomic mass is 10.2. The van der Waals surface area contributed by atoms with Gasteiger partial charge in [-0.15, -0.1) is 0 Å². The number of benzene rings is 1. The van der Waals surface area contributed by atoms with Crippen LogP contribution in [0.5, 0.6) is 0 Å². The average molecular weight is 372 g/mol. The SMILES string of the molecule is C\C(Cl)=C/C=C\C(=C\Cl)N1CCN(c2ccc(C)c(Cl)c2)CC1. The Kier molecular flexibility index (Phi) is 6.88. The van der Waals surface area contributed by atoms with Crippen LogP contribution in [0.15, 0.2) is 52.7 Å². The van der Waals surface area contributed by atoms with E-state index in [0.29, 0.717) is 0 Å². The lowest BCUT2D eigenvalue weighted by Crippen LogP contribution is -2.45. The van der Waals surface area contributed by atoms with Crippen molar-refractivity contribution in [2.24, 2.45) is 0 Å². The van der Waals surface area contributed by atoms with Crippen molar-refractivity contribution < 1.29 is 0 Å². The highest BCUT2D eigenvalue weighted by atomic mass is 35.5. The monoisotopic (exact) mass is 370 g/mol. The van der Waals surface area contributed by atoms with Gasteiger partial charge in [-0.2, -0.15) is 0 Å². The first-order valence-electron chi connectivity index (χ1n) is 7.58. The fraction of sp³-hybridized carbons (Fsp3) is 0.333. The Morgan fingerprint density at radius 3 is 2.43 bits per heavy atom. The summed E-state index contributed by atoms with van der Waals surface area (Å²) < 4.78 is 0. The summed E-state index contributed by atoms with van der Waals surface area (Å²) in [7, 11) is 0. The zero-order valence-corrected chi connectivity index (χ0v) is 15.7. The van der Waals surface area contributed by atoms with Crippen LogP contribution in [0.1, 0.15) is 12.5 Å². The minimum Gasteiger partial charge on any atom is -0.368 e. The summed E-state index contributed by atoms with van der Waals surface area (Å²) in [5.74, 6) is 0. The highest BCUT2D eigenvalue weighted by Gasteiger charge is 2.18. The fourth-order valence-corrected chi connectivity index (χ4v) is 2.95. The van der Waals surface area contributed by atoms with E-state index in [2.05, 4.69) is 21.9 Å². The van der Waals surface area contributed by atoms with Gasteiger partial charge < -0.3 is 9.80 Å². The number of allylic oxidation sites excluding steroid dienone is 4. The first kappa shape index (κ1) is 18.3. The molecule has 1 aliphatic heterocycles. The molecule has 1 aromatic rings. The summed E-state index contributed by atoms with van der Waals surface area (Å²) in [4.78, 5) is 4.62. The van der Waals surface area contributed by atoms with E-state index in [-0.39, 0.29) is 0 Å². The molecule has 2 rings (SSSR count). The predicted octanol–water partition coefficient (Wildman–Crippen LogP) is 5.55. The van der Waals surface area contributed by atoms with Gasteiger partial charge in [0.05, 0.1) is 0 Å². The molecule has 1 heterocycles. The van der Waals surface area contributed by atoms with Gasteiger partial charge >= 0.3 is 0 Å². The molecule has 0 spiro atoms. The molecular formula is C18H21Cl3N2. The summed E-state index contributed by atoms with van der Waals surface area (Å²) in [6, 6.07) is 6.24. The summed E-state index contributed by atoms with van der Waals surface area (Å²) in [6.45, 7) is 7.57. The standard InChI is InChI=1S/C18H21Cl3N2/c1-14-6-7-16(12-18(14)21)22-8-10-23(11-9-22)17(13-19)5-3-4-15(2)20/h3-7,12-13H,8-11H2,1-2H3/b5-3-,15-4+,17-13-. The molecule has 1 fully saturated rings. The molecular weight excluding hydrogens is 351 g/mol. The second kappa shape index (κ2) is 8.68. The van der Waals surface area contributed by atoms with Gasteiger partial charge in [0.1, 0.15) is 0 Å². The third-order valence-electron chi connectivity index (χ3n) is 3.87. The van der Waals surface area contributed by atoms with Gasteiger partial charge in [0.2, 0.25) is 0 Å². The van der Waals surface area contributed by atoms with Crippen LogP contribution in [0.4, 0.5) is 5.69 Å². The minimum absolute atomic E-state index is 0.747. The average Bonchev–Trinajstić information content (AvgIpc) is 2.54. The second-order valence-electron chi connectivity index (χ2n) is 5.55. The van der Waals surface area contributed by atoms with Crippen LogP contribution in [0.3, 0.4) is 0 Å². The smallest absolute Gasteiger partial charge is 0.0482 e. The predicted molar refractivity (Wildman–Crippen MR) is 103 cm³/mol. The summed E-state index contributed by atoms with van der Waals surface area (Å²) in [6.07, 6.45) is 5.76. The Morgan fingerprint density at radius 2 is 1.87 bits per heavy atom. The number of nitrogens with zero attached hydrogens (tertiary/aromatic N) is 2. The highest BCUT2D eigenvalue weighted by molar-refractivity contribution is 6.31. The number of rotatable bonds is 4. The van der Waals surface area contributed by atoms with E-state index in [1.165, 1.54) is 5.69 Å². The third kappa shape index (κ3) is 5.20. The van der Waals surface area contributed by atoms with Crippen LogP contribution in [0, 0.1) is 6.92 Å². The summed E-state index contributed by atoms with van der Waals surface area (Å²) in [5.41, 5.74) is 4.90. The minimum atomic E-state index is 0.747. The number of aryl methyl sites for hydroxylation is 1. The van der Waals surface area contributed by atoms with Crippen LogP contribution in [0.25, 0.3) is 0 Å². The molecule has 124 valence electrons. The largest absolute Gasteiger partial charge is 0.368 e. The second-order valence-corrected chi connectivity index (χ2v) is 6.78. The van der Waals surface area contributed by atoms with Gasteiger partial charge in [-0.05, 0) is 43.7 Å². The van der Waals surface area contributed by atoms with Gasteiger partial charge in [-0.25, -0.2) is 0 Å². The molecule has 0 unspecified atom stereocenters. The molecule has 5 heteroatoms. The van der Waals surface area contributed by atoms with Crippen LogP contribution < -0.4 is 4.90 Å². The van der Waals surface area contributed by atoms with Crippen molar-refractivity contribution in [3.05, 3.63) is 63.3 Å². The van der Waals surface area contributed by atoms with Gasteiger partial charge in [-0.3, -0.25) is 0 Å². The highest BCUT2D eigenvalue weighted by Crippen LogP contribution is 2.24. The molecule has 0 radical (unpaired) electrons. The molecule has 0 amide bonds. The van der Waals surface area contributed by atoms with E-state index in [1.807, 2.05) is 38.1 Å². The molecule has 23 heavy (non-hydrogen) atoms. The van der Waals surface area contributed by atoms with Crippen LogP contribution >= 0.6 is 34.8 Å². The van der Waals surface area contributed by atoms with Crippen LogP contribution in [0.2, 0.25) is 5.02 Å². The summed E-state index contributed by atoms with van der Waals surface area (Å²) >= 11 is 18.0. The van der Waals surface area contributed by atoms with E-state index in [4.69, 9.17) is 34.8 Å². The first-order valence-corrected chi connectivity index (χ1v) is 8.77. The maximum absolute atomic E-state index is 6.23.